The van der Waals surface area contributed by atoms with E-state index in [1.165, 1.54) is 11.0 Å². The van der Waals surface area contributed by atoms with E-state index in [1.807, 2.05) is 0 Å². The summed E-state index contributed by atoms with van der Waals surface area (Å²) in [5.74, 6) is -2.18. The van der Waals surface area contributed by atoms with Gasteiger partial charge in [-0.1, -0.05) is 23.2 Å². The number of benzene rings is 1. The molecule has 0 atom stereocenters. The zero-order valence-electron chi connectivity index (χ0n) is 10.4. The minimum Gasteiger partial charge on any atom is -0.481 e. The Kier molecular flexibility index (Phi) is 4.50. The van der Waals surface area contributed by atoms with Gasteiger partial charge in [0, 0.05) is 12.6 Å². The molecule has 1 saturated carbocycles. The molecule has 1 aliphatic carbocycles. The van der Waals surface area contributed by atoms with Gasteiger partial charge >= 0.3 is 5.97 Å². The number of hydrogen-bond donors (Lipinski definition) is 1. The van der Waals surface area contributed by atoms with Gasteiger partial charge in [0.15, 0.2) is 0 Å². The maximum atomic E-state index is 13.5. The summed E-state index contributed by atoms with van der Waals surface area (Å²) in [6, 6.07) is 2.17. The Balaban J connectivity index is 2.23. The van der Waals surface area contributed by atoms with Crippen LogP contribution in [-0.2, 0) is 4.79 Å². The number of carboxylic acid groups (broad SMARTS) is 1. The van der Waals surface area contributed by atoms with Crippen molar-refractivity contribution in [1.29, 1.82) is 0 Å². The van der Waals surface area contributed by atoms with Crippen LogP contribution in [0.3, 0.4) is 0 Å². The van der Waals surface area contributed by atoms with Crippen LogP contribution in [0.2, 0.25) is 10.0 Å². The van der Waals surface area contributed by atoms with Crippen molar-refractivity contribution in [3.05, 3.63) is 33.6 Å². The fourth-order valence-corrected chi connectivity index (χ4v) is 2.36. The van der Waals surface area contributed by atoms with E-state index < -0.39 is 17.7 Å². The van der Waals surface area contributed by atoms with Crippen LogP contribution in [0.15, 0.2) is 12.1 Å². The summed E-state index contributed by atoms with van der Waals surface area (Å²) in [6.07, 6.45) is 1.48. The van der Waals surface area contributed by atoms with Gasteiger partial charge in [-0.15, -0.1) is 0 Å². The van der Waals surface area contributed by atoms with E-state index in [-0.39, 0.29) is 34.6 Å². The third-order valence-electron chi connectivity index (χ3n) is 3.06. The molecular weight excluding hydrogens is 308 g/mol. The highest BCUT2D eigenvalue weighted by Gasteiger charge is 2.34. The van der Waals surface area contributed by atoms with Gasteiger partial charge in [0.25, 0.3) is 5.91 Å². The minimum absolute atomic E-state index is 0.00542. The number of rotatable bonds is 5. The molecule has 1 aliphatic rings. The Morgan fingerprint density at radius 1 is 1.30 bits per heavy atom. The normalized spacial score (nSPS) is 14.2. The van der Waals surface area contributed by atoms with Crippen LogP contribution >= 0.6 is 23.2 Å². The molecule has 0 heterocycles. The molecule has 1 fully saturated rings. The molecule has 2 rings (SSSR count). The highest BCUT2D eigenvalue weighted by atomic mass is 35.5. The van der Waals surface area contributed by atoms with Gasteiger partial charge < -0.3 is 10.0 Å². The van der Waals surface area contributed by atoms with Gasteiger partial charge in [-0.25, -0.2) is 4.39 Å². The fraction of sp³-hybridized carbons (Fsp3) is 0.385. The van der Waals surface area contributed by atoms with E-state index in [0.717, 1.165) is 18.9 Å². The smallest absolute Gasteiger partial charge is 0.305 e. The molecule has 0 aromatic heterocycles. The molecule has 1 aromatic carbocycles. The quantitative estimate of drug-likeness (QED) is 0.848. The molecular formula is C13H12Cl2FNO3. The van der Waals surface area contributed by atoms with Gasteiger partial charge in [0.1, 0.15) is 5.82 Å². The highest BCUT2D eigenvalue weighted by molar-refractivity contribution is 6.36. The van der Waals surface area contributed by atoms with Gasteiger partial charge in [0.2, 0.25) is 0 Å². The Bertz CT molecular complexity index is 561. The Morgan fingerprint density at radius 3 is 2.50 bits per heavy atom. The summed E-state index contributed by atoms with van der Waals surface area (Å²) in [5, 5.41) is 8.61. The van der Waals surface area contributed by atoms with Gasteiger partial charge in [-0.05, 0) is 25.0 Å². The Hall–Kier alpha value is -1.33. The number of carboxylic acids is 1. The lowest BCUT2D eigenvalue weighted by atomic mass is 10.1. The summed E-state index contributed by atoms with van der Waals surface area (Å²) < 4.78 is 13.5. The zero-order valence-corrected chi connectivity index (χ0v) is 11.9. The average molecular weight is 320 g/mol. The van der Waals surface area contributed by atoms with E-state index in [2.05, 4.69) is 0 Å². The number of hydrogen-bond acceptors (Lipinski definition) is 2. The molecule has 0 saturated heterocycles. The topological polar surface area (TPSA) is 57.6 Å². The largest absolute Gasteiger partial charge is 0.481 e. The molecule has 1 N–H and O–H groups in total. The molecule has 1 aromatic rings. The van der Waals surface area contributed by atoms with Crippen molar-refractivity contribution in [2.24, 2.45) is 0 Å². The molecule has 108 valence electrons. The van der Waals surface area contributed by atoms with Crippen LogP contribution in [0.5, 0.6) is 0 Å². The highest BCUT2D eigenvalue weighted by Crippen LogP contribution is 2.31. The predicted molar refractivity (Wildman–Crippen MR) is 72.7 cm³/mol. The van der Waals surface area contributed by atoms with Gasteiger partial charge in [-0.2, -0.15) is 0 Å². The zero-order chi connectivity index (χ0) is 14.9. The monoisotopic (exact) mass is 319 g/mol. The summed E-state index contributed by atoms with van der Waals surface area (Å²) in [7, 11) is 0. The summed E-state index contributed by atoms with van der Waals surface area (Å²) in [4.78, 5) is 24.4. The van der Waals surface area contributed by atoms with Crippen molar-refractivity contribution in [2.75, 3.05) is 6.54 Å². The van der Waals surface area contributed by atoms with E-state index in [0.29, 0.717) is 0 Å². The number of halogens is 3. The number of nitrogens with zero attached hydrogens (tertiary/aromatic N) is 1. The predicted octanol–water partition coefficient (Wildman–Crippen LogP) is 3.21. The van der Waals surface area contributed by atoms with E-state index in [1.54, 1.807) is 0 Å². The third-order valence-corrected chi connectivity index (χ3v) is 3.66. The first-order chi connectivity index (χ1) is 9.40. The maximum absolute atomic E-state index is 13.5. The molecule has 1 amide bonds. The molecule has 7 heteroatoms. The van der Waals surface area contributed by atoms with Crippen molar-refractivity contribution in [2.45, 2.75) is 25.3 Å². The molecule has 0 spiro atoms. The van der Waals surface area contributed by atoms with Crippen molar-refractivity contribution in [3.8, 4) is 0 Å². The minimum atomic E-state index is -0.989. The first kappa shape index (κ1) is 15.1. The van der Waals surface area contributed by atoms with Crippen LogP contribution in [0, 0.1) is 5.82 Å². The lowest BCUT2D eigenvalue weighted by Crippen LogP contribution is -2.35. The van der Waals surface area contributed by atoms with Crippen LogP contribution < -0.4 is 0 Å². The Labute approximate surface area is 125 Å². The number of amides is 1. The molecule has 0 bridgehead atoms. The van der Waals surface area contributed by atoms with E-state index in [9.17, 15) is 14.0 Å². The van der Waals surface area contributed by atoms with Crippen molar-refractivity contribution in [1.82, 2.24) is 4.90 Å². The van der Waals surface area contributed by atoms with Crippen LogP contribution in [-0.4, -0.2) is 34.5 Å². The second-order valence-electron chi connectivity index (χ2n) is 4.62. The van der Waals surface area contributed by atoms with Crippen LogP contribution in [0.1, 0.15) is 29.6 Å². The second-order valence-corrected chi connectivity index (χ2v) is 5.43. The van der Waals surface area contributed by atoms with E-state index >= 15 is 0 Å². The maximum Gasteiger partial charge on any atom is 0.305 e. The second kappa shape index (κ2) is 5.97. The summed E-state index contributed by atoms with van der Waals surface area (Å²) in [6.45, 7) is 0.0827. The van der Waals surface area contributed by atoms with Crippen LogP contribution in [0.25, 0.3) is 0 Å². The third kappa shape index (κ3) is 3.41. The molecule has 20 heavy (non-hydrogen) atoms. The summed E-state index contributed by atoms with van der Waals surface area (Å²) >= 11 is 11.5. The SMILES string of the molecule is O=C(O)CCN(C(=O)c1cc(F)c(Cl)cc1Cl)C1CC1. The van der Waals surface area contributed by atoms with Crippen LogP contribution in [0.4, 0.5) is 4.39 Å². The first-order valence-corrected chi connectivity index (χ1v) is 6.83. The Morgan fingerprint density at radius 2 is 1.95 bits per heavy atom. The van der Waals surface area contributed by atoms with Crippen molar-refractivity contribution >= 4 is 35.1 Å². The molecule has 0 unspecified atom stereocenters. The number of aliphatic carboxylic acids is 1. The van der Waals surface area contributed by atoms with Crippen molar-refractivity contribution < 1.29 is 19.1 Å². The average Bonchev–Trinajstić information content (AvgIpc) is 3.18. The van der Waals surface area contributed by atoms with Crippen molar-refractivity contribution in [3.63, 3.8) is 0 Å². The standard InChI is InChI=1S/C13H12Cl2FNO3/c14-9-6-10(15)11(16)5-8(9)13(20)17(7-1-2-7)4-3-12(18)19/h5-7H,1-4H2,(H,18,19). The number of carbonyl (C=O) groups excluding carboxylic acids is 1. The number of carbonyl (C=O) groups is 2. The van der Waals surface area contributed by atoms with Gasteiger partial charge in [-0.3, -0.25) is 9.59 Å². The molecule has 0 radical (unpaired) electrons. The van der Waals surface area contributed by atoms with Gasteiger partial charge in [0.05, 0.1) is 22.0 Å². The lowest BCUT2D eigenvalue weighted by Gasteiger charge is -2.22. The lowest BCUT2D eigenvalue weighted by molar-refractivity contribution is -0.137. The molecule has 4 nitrogen and oxygen atoms in total. The fourth-order valence-electron chi connectivity index (χ4n) is 1.89. The molecule has 0 aliphatic heterocycles. The van der Waals surface area contributed by atoms with E-state index in [4.69, 9.17) is 28.3 Å². The first-order valence-electron chi connectivity index (χ1n) is 6.07. The summed E-state index contributed by atoms with van der Waals surface area (Å²) in [5.41, 5.74) is 0.00542.